The summed E-state index contributed by atoms with van der Waals surface area (Å²) in [6.07, 6.45) is 2.77. The SMILES string of the molecule is CC[C@H]1NC(=O)[C@@H](C2OC=C[C@H]2C)N(C)C(=O)[C@@H](C(C)C)N(C)C(=O)[C@@H](CC(C)C)N(C)C(=O)[C@H](CC(C)C)N(C)C(=O)[C@H](C)CC(=O)[C@@H](C)NC(=O)[C@@H](CC(C)C)N(C)C(=O)[C@@H](C(C)C)NC(=O)[C@H](CC(C)C)N(C)C(=O)[C@@H](C)N(C)C1=O. The Balaban J connectivity index is 2.95. The second kappa shape index (κ2) is 32.4. The number of nitrogens with zero attached hydrogens (tertiary/aromatic N) is 7. The number of likely N-dealkylation sites (N-methyl/N-ethyl adjacent to an activating group) is 7. The molecule has 22 heteroatoms. The van der Waals surface area contributed by atoms with Crippen molar-refractivity contribution >= 4 is 64.9 Å². The van der Waals surface area contributed by atoms with Crippen LogP contribution < -0.4 is 16.0 Å². The molecule has 0 bridgehead atoms. The molecule has 22 nitrogen and oxygen atoms in total. The third-order valence-corrected chi connectivity index (χ3v) is 16.7. The van der Waals surface area contributed by atoms with E-state index in [1.807, 2.05) is 62.3 Å². The summed E-state index contributed by atoms with van der Waals surface area (Å²) in [5, 5.41) is 8.51. The number of amides is 10. The molecule has 0 aromatic carbocycles. The highest BCUT2D eigenvalue weighted by molar-refractivity contribution is 6.00. The van der Waals surface area contributed by atoms with Gasteiger partial charge in [0.2, 0.25) is 59.1 Å². The summed E-state index contributed by atoms with van der Waals surface area (Å²) in [5.74, 6) is -9.38. The van der Waals surface area contributed by atoms with Crippen LogP contribution in [0.1, 0.15) is 156 Å². The summed E-state index contributed by atoms with van der Waals surface area (Å²) in [4.78, 5) is 170. The van der Waals surface area contributed by atoms with Crippen LogP contribution >= 0.6 is 0 Å². The van der Waals surface area contributed by atoms with Crippen molar-refractivity contribution in [3.63, 3.8) is 0 Å². The van der Waals surface area contributed by atoms with Crippen LogP contribution in [0, 0.1) is 47.3 Å². The van der Waals surface area contributed by atoms with Crippen LogP contribution in [-0.4, -0.2) is 215 Å². The Bertz CT molecular complexity index is 2360. The smallest absolute Gasteiger partial charge is 0.247 e. The van der Waals surface area contributed by atoms with Crippen LogP contribution in [0.2, 0.25) is 0 Å². The van der Waals surface area contributed by atoms with Crippen LogP contribution in [0.4, 0.5) is 0 Å². The Morgan fingerprint density at radius 3 is 1.32 bits per heavy atom. The number of ether oxygens (including phenoxy) is 1. The van der Waals surface area contributed by atoms with Gasteiger partial charge < -0.3 is 55.0 Å². The molecule has 10 amide bonds. The summed E-state index contributed by atoms with van der Waals surface area (Å²) in [7, 11) is 10.2. The van der Waals surface area contributed by atoms with Crippen LogP contribution in [-0.2, 0) is 57.5 Å². The zero-order valence-electron chi connectivity index (χ0n) is 55.4. The number of Topliss-reactive ketones (excluding diaryl/α,β-unsaturated/α-hetero) is 1. The third kappa shape index (κ3) is 19.0. The van der Waals surface area contributed by atoms with E-state index in [4.69, 9.17) is 4.74 Å². The van der Waals surface area contributed by atoms with E-state index in [9.17, 15) is 43.2 Å². The molecule has 2 rings (SSSR count). The molecule has 3 N–H and O–H groups in total. The lowest BCUT2D eigenvalue weighted by atomic mass is 9.93. The Morgan fingerprint density at radius 2 is 0.893 bits per heavy atom. The van der Waals surface area contributed by atoms with Crippen LogP contribution in [0.15, 0.2) is 12.3 Å². The first-order chi connectivity index (χ1) is 38.8. The standard InChI is InChI=1S/C62H108N10O12/c1-25-43-58(79)66(18)42(17)57(78)67(19)45(29-34(4)5)54(75)65-49(37(10)11)61(82)68(20)44(28-33(2)3)53(74)63-41(16)48(73)32-40(15)56(77)69(21)46(30-35(6)7)59(80)70(22)47(31-36(8)9)60(81)71(23)50(38(12)13)62(83)72(24)51(55(76)64-43)52-39(14)26-27-84-52/h26-27,33-47,49-52H,25,28-32H2,1-24H3,(H,63,74)(H,64,76)(H,65,75)/t39-,40-,41-,42-,43-,44-,45+,46+,47-,49-,50-,51-,52?/m1/s1. The van der Waals surface area contributed by atoms with Crippen molar-refractivity contribution in [1.29, 1.82) is 0 Å². The van der Waals surface area contributed by atoms with Crippen molar-refractivity contribution in [2.45, 2.75) is 223 Å². The Labute approximate surface area is 502 Å². The molecule has 0 saturated carbocycles. The molecular weight excluding hydrogens is 1080 g/mol. The van der Waals surface area contributed by atoms with Crippen molar-refractivity contribution in [3.8, 4) is 0 Å². The van der Waals surface area contributed by atoms with Gasteiger partial charge in [0, 0.05) is 67.6 Å². The molecule has 1 saturated heterocycles. The molecule has 2 heterocycles. The van der Waals surface area contributed by atoms with Crippen molar-refractivity contribution in [1.82, 2.24) is 50.2 Å². The second-order valence-corrected chi connectivity index (χ2v) is 26.3. The maximum Gasteiger partial charge on any atom is 0.247 e. The Kier molecular flexibility index (Phi) is 28.6. The molecular formula is C62H108N10O12. The highest BCUT2D eigenvalue weighted by atomic mass is 16.5. The molecule has 84 heavy (non-hydrogen) atoms. The van der Waals surface area contributed by atoms with Gasteiger partial charge in [-0.05, 0) is 87.5 Å². The highest BCUT2D eigenvalue weighted by Crippen LogP contribution is 2.28. The number of carbonyl (C=O) groups excluding carboxylic acids is 11. The Hall–Kier alpha value is -6.09. The molecule has 0 spiro atoms. The van der Waals surface area contributed by atoms with E-state index in [0.717, 1.165) is 0 Å². The number of hydrogen-bond acceptors (Lipinski definition) is 12. The fourth-order valence-electron chi connectivity index (χ4n) is 11.2. The number of hydrogen-bond donors (Lipinski definition) is 3. The van der Waals surface area contributed by atoms with Gasteiger partial charge in [0.05, 0.1) is 12.3 Å². The summed E-state index contributed by atoms with van der Waals surface area (Å²) in [6.45, 7) is 30.2. The first-order valence-corrected chi connectivity index (χ1v) is 30.4. The Morgan fingerprint density at radius 1 is 0.464 bits per heavy atom. The van der Waals surface area contributed by atoms with E-state index >= 15 is 9.59 Å². The van der Waals surface area contributed by atoms with Gasteiger partial charge in [-0.3, -0.25) is 52.7 Å². The second-order valence-electron chi connectivity index (χ2n) is 26.3. The van der Waals surface area contributed by atoms with Gasteiger partial charge in [0.25, 0.3) is 0 Å². The zero-order valence-corrected chi connectivity index (χ0v) is 55.4. The largest absolute Gasteiger partial charge is 0.495 e. The van der Waals surface area contributed by atoms with E-state index in [1.54, 1.807) is 47.6 Å². The van der Waals surface area contributed by atoms with E-state index in [0.29, 0.717) is 0 Å². The monoisotopic (exact) mass is 1180 g/mol. The van der Waals surface area contributed by atoms with Crippen LogP contribution in [0.25, 0.3) is 0 Å². The molecule has 2 aliphatic rings. The minimum Gasteiger partial charge on any atom is -0.495 e. The lowest BCUT2D eigenvalue weighted by molar-refractivity contribution is -0.157. The van der Waals surface area contributed by atoms with Gasteiger partial charge in [-0.15, -0.1) is 0 Å². The molecule has 1 fully saturated rings. The number of ketones is 1. The summed E-state index contributed by atoms with van der Waals surface area (Å²) in [6, 6.07) is -11.6. The molecule has 2 aliphatic heterocycles. The van der Waals surface area contributed by atoms with Gasteiger partial charge in [0.1, 0.15) is 60.5 Å². The van der Waals surface area contributed by atoms with Gasteiger partial charge >= 0.3 is 0 Å². The molecule has 0 aromatic rings. The molecule has 1 unspecified atom stereocenters. The van der Waals surface area contributed by atoms with Gasteiger partial charge in [-0.25, -0.2) is 0 Å². The molecule has 0 aliphatic carbocycles. The normalized spacial score (nSPS) is 29.6. The number of nitrogens with one attached hydrogen (secondary N) is 3. The van der Waals surface area contributed by atoms with E-state index in [2.05, 4.69) is 16.0 Å². The molecule has 13 atom stereocenters. The predicted molar refractivity (Wildman–Crippen MR) is 323 cm³/mol. The zero-order chi connectivity index (χ0) is 64.8. The maximum atomic E-state index is 15.1. The van der Waals surface area contributed by atoms with Crippen LogP contribution in [0.3, 0.4) is 0 Å². The maximum absolute atomic E-state index is 15.1. The minimum atomic E-state index is -1.35. The predicted octanol–water partition coefficient (Wildman–Crippen LogP) is 4.33. The van der Waals surface area contributed by atoms with Crippen molar-refractivity contribution in [2.24, 2.45) is 47.3 Å². The number of rotatable bonds is 12. The van der Waals surface area contributed by atoms with Crippen molar-refractivity contribution in [2.75, 3.05) is 49.3 Å². The summed E-state index contributed by atoms with van der Waals surface area (Å²) >= 11 is 0. The lowest BCUT2D eigenvalue weighted by Crippen LogP contribution is -2.63. The minimum absolute atomic E-state index is 0.0694. The summed E-state index contributed by atoms with van der Waals surface area (Å²) < 4.78 is 6.00. The van der Waals surface area contributed by atoms with E-state index < -0.39 is 149 Å². The van der Waals surface area contributed by atoms with E-state index in [1.165, 1.54) is 104 Å². The average Bonchev–Trinajstić information content (AvgIpc) is 2.83. The number of carbonyl (C=O) groups is 11. The fourth-order valence-corrected chi connectivity index (χ4v) is 11.2. The lowest BCUT2D eigenvalue weighted by Gasteiger charge is -2.41. The molecule has 0 radical (unpaired) electrons. The fraction of sp³-hybridized carbons (Fsp3) is 0.790. The first kappa shape index (κ1) is 74.0. The van der Waals surface area contributed by atoms with Gasteiger partial charge in [0.15, 0.2) is 5.78 Å². The summed E-state index contributed by atoms with van der Waals surface area (Å²) in [5.41, 5.74) is 0. The topological polar surface area (TPSA) is 256 Å². The molecule has 0 aromatic heterocycles. The van der Waals surface area contributed by atoms with Crippen molar-refractivity contribution < 1.29 is 57.5 Å². The van der Waals surface area contributed by atoms with Crippen molar-refractivity contribution in [3.05, 3.63) is 12.3 Å². The van der Waals surface area contributed by atoms with Gasteiger partial charge in [-0.1, -0.05) is 104 Å². The van der Waals surface area contributed by atoms with Gasteiger partial charge in [-0.2, -0.15) is 0 Å². The highest BCUT2D eigenvalue weighted by Gasteiger charge is 2.47. The third-order valence-electron chi connectivity index (χ3n) is 16.7. The van der Waals surface area contributed by atoms with E-state index in [-0.39, 0.29) is 68.1 Å². The average molecular weight is 1190 g/mol. The first-order valence-electron chi connectivity index (χ1n) is 30.4. The quantitative estimate of drug-likeness (QED) is 0.247. The van der Waals surface area contributed by atoms with Crippen LogP contribution in [0.5, 0.6) is 0 Å². The molecule has 478 valence electrons.